The van der Waals surface area contributed by atoms with Crippen molar-refractivity contribution in [3.63, 3.8) is 0 Å². The fourth-order valence-corrected chi connectivity index (χ4v) is 7.72. The van der Waals surface area contributed by atoms with Crippen LogP contribution in [0.4, 0.5) is 17.1 Å². The van der Waals surface area contributed by atoms with Gasteiger partial charge in [0.1, 0.15) is 11.2 Å². The Labute approximate surface area is 290 Å². The molecule has 10 aromatic rings. The van der Waals surface area contributed by atoms with Crippen molar-refractivity contribution in [2.75, 3.05) is 4.90 Å². The average molecular weight is 638 g/mol. The van der Waals surface area contributed by atoms with Gasteiger partial charge in [-0.05, 0) is 91.6 Å². The SMILES string of the molecule is c1ccc(-c2ccc(N(c3cccc(-c4cccc5oc6ccccc6c45)c3)c3cc4c5ccccc5ccc4c4ccccc34)cc2)cc1. The second kappa shape index (κ2) is 11.5. The summed E-state index contributed by atoms with van der Waals surface area (Å²) in [6, 6.07) is 67.6. The lowest BCUT2D eigenvalue weighted by atomic mass is 9.94. The summed E-state index contributed by atoms with van der Waals surface area (Å²) in [5.41, 5.74) is 9.82. The Morgan fingerprint density at radius 3 is 1.84 bits per heavy atom. The molecule has 0 spiro atoms. The summed E-state index contributed by atoms with van der Waals surface area (Å²) in [7, 11) is 0. The monoisotopic (exact) mass is 637 g/mol. The molecule has 0 amide bonds. The van der Waals surface area contributed by atoms with Gasteiger partial charge < -0.3 is 9.32 Å². The summed E-state index contributed by atoms with van der Waals surface area (Å²) < 4.78 is 6.29. The maximum atomic E-state index is 6.29. The zero-order chi connectivity index (χ0) is 33.0. The van der Waals surface area contributed by atoms with E-state index in [9.17, 15) is 0 Å². The minimum Gasteiger partial charge on any atom is -0.456 e. The second-order valence-electron chi connectivity index (χ2n) is 12.9. The predicted octanol–water partition coefficient (Wildman–Crippen LogP) is 13.8. The van der Waals surface area contributed by atoms with Crippen molar-refractivity contribution in [1.29, 1.82) is 0 Å². The van der Waals surface area contributed by atoms with Gasteiger partial charge in [0.2, 0.25) is 0 Å². The lowest BCUT2D eigenvalue weighted by Gasteiger charge is -2.28. The van der Waals surface area contributed by atoms with Gasteiger partial charge in [0, 0.05) is 27.5 Å². The molecule has 0 aliphatic carbocycles. The summed E-state index contributed by atoms with van der Waals surface area (Å²) in [5.74, 6) is 0. The van der Waals surface area contributed by atoms with Gasteiger partial charge >= 0.3 is 0 Å². The van der Waals surface area contributed by atoms with Gasteiger partial charge in [-0.25, -0.2) is 0 Å². The van der Waals surface area contributed by atoms with Crippen molar-refractivity contribution in [3.8, 4) is 22.3 Å². The molecule has 234 valence electrons. The Hall–Kier alpha value is -6.64. The molecule has 0 aliphatic rings. The quantitative estimate of drug-likeness (QED) is 0.175. The molecule has 0 N–H and O–H groups in total. The van der Waals surface area contributed by atoms with Crippen molar-refractivity contribution < 1.29 is 4.42 Å². The highest BCUT2D eigenvalue weighted by Gasteiger charge is 2.20. The smallest absolute Gasteiger partial charge is 0.136 e. The highest BCUT2D eigenvalue weighted by molar-refractivity contribution is 6.21. The highest BCUT2D eigenvalue weighted by Crippen LogP contribution is 2.45. The first-order chi connectivity index (χ1) is 24.8. The highest BCUT2D eigenvalue weighted by atomic mass is 16.3. The molecule has 1 aromatic heterocycles. The third-order valence-corrected chi connectivity index (χ3v) is 10.0. The number of fused-ring (bicyclic) bond motifs is 8. The molecule has 2 nitrogen and oxygen atoms in total. The largest absolute Gasteiger partial charge is 0.456 e. The summed E-state index contributed by atoms with van der Waals surface area (Å²) >= 11 is 0. The Morgan fingerprint density at radius 2 is 0.980 bits per heavy atom. The molecule has 0 saturated carbocycles. The molecule has 0 unspecified atom stereocenters. The lowest BCUT2D eigenvalue weighted by molar-refractivity contribution is 0.669. The minimum atomic E-state index is 0.898. The summed E-state index contributed by atoms with van der Waals surface area (Å²) in [4.78, 5) is 2.43. The number of hydrogen-bond donors (Lipinski definition) is 0. The summed E-state index contributed by atoms with van der Waals surface area (Å²) in [6.45, 7) is 0. The van der Waals surface area contributed by atoms with Gasteiger partial charge in [0.25, 0.3) is 0 Å². The van der Waals surface area contributed by atoms with E-state index < -0.39 is 0 Å². The van der Waals surface area contributed by atoms with Gasteiger partial charge in [-0.15, -0.1) is 0 Å². The van der Waals surface area contributed by atoms with Crippen LogP contribution in [0, 0.1) is 0 Å². The van der Waals surface area contributed by atoms with Gasteiger partial charge in [-0.1, -0.05) is 146 Å². The van der Waals surface area contributed by atoms with E-state index in [-0.39, 0.29) is 0 Å². The lowest BCUT2D eigenvalue weighted by Crippen LogP contribution is -2.11. The molecule has 10 rings (SSSR count). The first kappa shape index (κ1) is 28.4. The molecule has 0 atom stereocenters. The summed E-state index contributed by atoms with van der Waals surface area (Å²) in [6.07, 6.45) is 0. The third-order valence-electron chi connectivity index (χ3n) is 10.0. The van der Waals surface area contributed by atoms with Gasteiger partial charge in [0.05, 0.1) is 5.69 Å². The van der Waals surface area contributed by atoms with Gasteiger partial charge in [-0.2, -0.15) is 0 Å². The molecule has 0 radical (unpaired) electrons. The van der Waals surface area contributed by atoms with Crippen LogP contribution in [0.2, 0.25) is 0 Å². The maximum Gasteiger partial charge on any atom is 0.136 e. The van der Waals surface area contributed by atoms with E-state index in [1.54, 1.807) is 0 Å². The Bertz CT molecular complexity index is 2870. The topological polar surface area (TPSA) is 16.4 Å². The van der Waals surface area contributed by atoms with Crippen LogP contribution >= 0.6 is 0 Å². The minimum absolute atomic E-state index is 0.898. The molecule has 9 aromatic carbocycles. The number of rotatable bonds is 5. The van der Waals surface area contributed by atoms with Crippen molar-refractivity contribution in [3.05, 3.63) is 188 Å². The number of hydrogen-bond acceptors (Lipinski definition) is 2. The second-order valence-corrected chi connectivity index (χ2v) is 12.9. The number of nitrogens with zero attached hydrogens (tertiary/aromatic N) is 1. The zero-order valence-electron chi connectivity index (χ0n) is 27.3. The fraction of sp³-hybridized carbons (Fsp3) is 0. The predicted molar refractivity (Wildman–Crippen MR) is 212 cm³/mol. The number of furan rings is 1. The molecule has 0 fully saturated rings. The molecule has 0 saturated heterocycles. The van der Waals surface area contributed by atoms with Crippen LogP contribution in [-0.4, -0.2) is 0 Å². The fourth-order valence-electron chi connectivity index (χ4n) is 7.72. The summed E-state index contributed by atoms with van der Waals surface area (Å²) in [5, 5.41) is 9.71. The van der Waals surface area contributed by atoms with Crippen LogP contribution in [0.5, 0.6) is 0 Å². The van der Waals surface area contributed by atoms with E-state index in [1.165, 1.54) is 43.4 Å². The van der Waals surface area contributed by atoms with Crippen molar-refractivity contribution in [2.45, 2.75) is 0 Å². The molecule has 0 bridgehead atoms. The maximum absolute atomic E-state index is 6.29. The van der Waals surface area contributed by atoms with Crippen LogP contribution < -0.4 is 4.90 Å². The van der Waals surface area contributed by atoms with Crippen LogP contribution in [0.3, 0.4) is 0 Å². The Kier molecular flexibility index (Phi) is 6.53. The van der Waals surface area contributed by atoms with E-state index >= 15 is 0 Å². The Balaban J connectivity index is 1.24. The van der Waals surface area contributed by atoms with Crippen LogP contribution in [0.15, 0.2) is 192 Å². The van der Waals surface area contributed by atoms with Crippen molar-refractivity contribution in [1.82, 2.24) is 0 Å². The van der Waals surface area contributed by atoms with Crippen LogP contribution in [0.25, 0.3) is 76.5 Å². The van der Waals surface area contributed by atoms with Crippen molar-refractivity contribution >= 4 is 71.3 Å². The molecule has 0 aliphatic heterocycles. The first-order valence-electron chi connectivity index (χ1n) is 17.1. The van der Waals surface area contributed by atoms with Crippen LogP contribution in [0.1, 0.15) is 0 Å². The van der Waals surface area contributed by atoms with Gasteiger partial charge in [0.15, 0.2) is 0 Å². The number of para-hydroxylation sites is 1. The first-order valence-corrected chi connectivity index (χ1v) is 17.1. The average Bonchev–Trinajstić information content (AvgIpc) is 3.58. The van der Waals surface area contributed by atoms with Gasteiger partial charge in [-0.3, -0.25) is 0 Å². The molecule has 50 heavy (non-hydrogen) atoms. The van der Waals surface area contributed by atoms with E-state index in [2.05, 4.69) is 181 Å². The van der Waals surface area contributed by atoms with Crippen LogP contribution in [-0.2, 0) is 0 Å². The van der Waals surface area contributed by atoms with E-state index in [4.69, 9.17) is 4.42 Å². The number of benzene rings is 9. The third kappa shape index (κ3) is 4.57. The van der Waals surface area contributed by atoms with E-state index in [0.29, 0.717) is 0 Å². The standard InChI is InChI=1S/C48H31NO/c1-2-12-32(13-3-1)33-24-27-36(28-25-33)49(45-31-44-38-17-5-4-14-34(38)26-29-41(44)40-18-6-7-19-42(40)45)37-16-10-15-35(30-37)39-21-11-23-47-48(39)43-20-8-9-22-46(43)50-47/h1-31H. The molecular formula is C48H31NO. The van der Waals surface area contributed by atoms with E-state index in [1.807, 2.05) is 12.1 Å². The molecule has 1 heterocycles. The number of anilines is 3. The van der Waals surface area contributed by atoms with Crippen molar-refractivity contribution in [2.24, 2.45) is 0 Å². The molecule has 2 heteroatoms. The van der Waals surface area contributed by atoms with E-state index in [0.717, 1.165) is 50.1 Å². The zero-order valence-corrected chi connectivity index (χ0v) is 27.3. The Morgan fingerprint density at radius 1 is 0.340 bits per heavy atom. The normalized spacial score (nSPS) is 11.6. The molecular weight excluding hydrogens is 607 g/mol.